The number of hydrogen-bond acceptors (Lipinski definition) is 3. The highest BCUT2D eigenvalue weighted by atomic mass is 16.6. The van der Waals surface area contributed by atoms with Gasteiger partial charge in [-0.2, -0.15) is 0 Å². The number of carbonyl (C=O) groups excluding carboxylic acids is 1. The summed E-state index contributed by atoms with van der Waals surface area (Å²) in [5.74, 6) is 0.343. The molecule has 4 aliphatic rings. The van der Waals surface area contributed by atoms with Crippen LogP contribution in [0, 0.1) is 11.8 Å². The average Bonchev–Trinajstić information content (AvgIpc) is 2.90. The number of hydrogen-bond donors (Lipinski definition) is 0. The van der Waals surface area contributed by atoms with Crippen molar-refractivity contribution in [2.75, 3.05) is 6.61 Å². The molecular weight excluding hydrogens is 192 g/mol. The van der Waals surface area contributed by atoms with E-state index < -0.39 is 0 Å². The molecule has 0 aromatic carbocycles. The second-order valence-corrected chi connectivity index (χ2v) is 5.05. The molecule has 0 saturated carbocycles. The van der Waals surface area contributed by atoms with Crippen molar-refractivity contribution in [3.05, 3.63) is 11.1 Å². The fourth-order valence-electron chi connectivity index (χ4n) is 3.76. The summed E-state index contributed by atoms with van der Waals surface area (Å²) in [6.07, 6.45) is 5.20. The second-order valence-electron chi connectivity index (χ2n) is 5.05. The maximum atomic E-state index is 11.6. The summed E-state index contributed by atoms with van der Waals surface area (Å²) in [5, 5.41) is 0. The van der Waals surface area contributed by atoms with Gasteiger partial charge in [0.2, 0.25) is 0 Å². The minimum atomic E-state index is -0.0235. The molecule has 3 heterocycles. The Bertz CT molecular complexity index is 371. The summed E-state index contributed by atoms with van der Waals surface area (Å²) in [4.78, 5) is 11.6. The first-order chi connectivity index (χ1) is 7.36. The maximum Gasteiger partial charge on any atom is 0.312 e. The number of cyclic esters (lactones) is 1. The van der Waals surface area contributed by atoms with E-state index in [1.165, 1.54) is 30.4 Å². The maximum absolute atomic E-state index is 11.6. The van der Waals surface area contributed by atoms with Crippen LogP contribution in [0.4, 0.5) is 0 Å². The quantitative estimate of drug-likeness (QED) is 0.444. The van der Waals surface area contributed by atoms with E-state index in [1.54, 1.807) is 0 Å². The van der Waals surface area contributed by atoms with Crippen molar-refractivity contribution in [3.8, 4) is 0 Å². The van der Waals surface area contributed by atoms with Crippen molar-refractivity contribution in [2.45, 2.75) is 37.9 Å². The van der Waals surface area contributed by atoms with Gasteiger partial charge in [0.1, 0.15) is 0 Å². The molecule has 1 aliphatic carbocycles. The molecule has 15 heavy (non-hydrogen) atoms. The lowest BCUT2D eigenvalue weighted by atomic mass is 9.73. The van der Waals surface area contributed by atoms with Crippen molar-refractivity contribution in [1.29, 1.82) is 0 Å². The fourth-order valence-corrected chi connectivity index (χ4v) is 3.76. The minimum absolute atomic E-state index is 0.0235. The van der Waals surface area contributed by atoms with E-state index in [-0.39, 0.29) is 24.1 Å². The summed E-state index contributed by atoms with van der Waals surface area (Å²) >= 11 is 0. The lowest BCUT2D eigenvalue weighted by Gasteiger charge is -2.26. The third kappa shape index (κ3) is 0.882. The molecule has 2 saturated heterocycles. The van der Waals surface area contributed by atoms with Crippen LogP contribution >= 0.6 is 0 Å². The first-order valence-electron chi connectivity index (χ1n) is 5.90. The minimum Gasteiger partial charge on any atom is -0.465 e. The number of fused-ring (bicyclic) bond motifs is 7. The summed E-state index contributed by atoms with van der Waals surface area (Å²) in [6.45, 7) is 0.585. The molecule has 4 atom stereocenters. The molecule has 0 N–H and O–H groups in total. The smallest absolute Gasteiger partial charge is 0.312 e. The standard InChI is InChI=1S/C12H14O3/c13-12-9-8(5-14-12)10-6-3-1-2-4-7(6)11(9)15-10/h8-11H,1-5H2/t8?,9?,10-,11+/m0/s1. The van der Waals surface area contributed by atoms with Crippen LogP contribution in [0.5, 0.6) is 0 Å². The Kier molecular flexibility index (Phi) is 1.47. The predicted molar refractivity (Wildman–Crippen MR) is 52.1 cm³/mol. The zero-order valence-corrected chi connectivity index (χ0v) is 8.57. The topological polar surface area (TPSA) is 35.5 Å². The molecule has 2 fully saturated rings. The van der Waals surface area contributed by atoms with Crippen molar-refractivity contribution in [3.63, 3.8) is 0 Å². The summed E-state index contributed by atoms with van der Waals surface area (Å²) < 4.78 is 11.1. The SMILES string of the molecule is O=C1OCC2C1[C@@H]1O[C@H]2C2=C1CCCC2. The molecule has 0 radical (unpaired) electrons. The van der Waals surface area contributed by atoms with Crippen molar-refractivity contribution in [2.24, 2.45) is 11.8 Å². The Morgan fingerprint density at radius 2 is 1.80 bits per heavy atom. The molecule has 0 amide bonds. The predicted octanol–water partition coefficient (Wildman–Crippen LogP) is 1.43. The van der Waals surface area contributed by atoms with Crippen LogP contribution in [-0.2, 0) is 14.3 Å². The van der Waals surface area contributed by atoms with Crippen LogP contribution in [0.3, 0.4) is 0 Å². The molecule has 3 heteroatoms. The highest BCUT2D eigenvalue weighted by Crippen LogP contribution is 2.53. The Morgan fingerprint density at radius 1 is 1.07 bits per heavy atom. The lowest BCUT2D eigenvalue weighted by molar-refractivity contribution is -0.143. The fraction of sp³-hybridized carbons (Fsp3) is 0.750. The van der Waals surface area contributed by atoms with Gasteiger partial charge in [-0.1, -0.05) is 0 Å². The van der Waals surface area contributed by atoms with Gasteiger partial charge in [0.25, 0.3) is 0 Å². The monoisotopic (exact) mass is 206 g/mol. The average molecular weight is 206 g/mol. The van der Waals surface area contributed by atoms with Crippen LogP contribution in [0.15, 0.2) is 11.1 Å². The molecule has 3 aliphatic heterocycles. The van der Waals surface area contributed by atoms with E-state index >= 15 is 0 Å². The largest absolute Gasteiger partial charge is 0.465 e. The van der Waals surface area contributed by atoms with Gasteiger partial charge in [-0.25, -0.2) is 0 Å². The second kappa shape index (κ2) is 2.64. The van der Waals surface area contributed by atoms with E-state index in [2.05, 4.69) is 0 Å². The molecule has 2 unspecified atom stereocenters. The van der Waals surface area contributed by atoms with E-state index in [9.17, 15) is 4.79 Å². The van der Waals surface area contributed by atoms with Crippen LogP contribution in [-0.4, -0.2) is 24.8 Å². The third-order valence-electron chi connectivity index (χ3n) is 4.40. The van der Waals surface area contributed by atoms with Gasteiger partial charge in [-0.05, 0) is 36.8 Å². The Labute approximate surface area is 88.4 Å². The number of ether oxygens (including phenoxy) is 2. The van der Waals surface area contributed by atoms with Gasteiger partial charge in [0, 0.05) is 5.92 Å². The van der Waals surface area contributed by atoms with Crippen LogP contribution < -0.4 is 0 Å². The van der Waals surface area contributed by atoms with Gasteiger partial charge in [-0.3, -0.25) is 4.79 Å². The molecule has 0 aromatic rings. The molecule has 3 nitrogen and oxygen atoms in total. The Balaban J connectivity index is 1.79. The first kappa shape index (κ1) is 8.34. The van der Waals surface area contributed by atoms with Crippen LogP contribution in [0.1, 0.15) is 25.7 Å². The van der Waals surface area contributed by atoms with E-state index in [0.717, 1.165) is 6.42 Å². The van der Waals surface area contributed by atoms with Gasteiger partial charge in [-0.15, -0.1) is 0 Å². The van der Waals surface area contributed by atoms with E-state index in [1.807, 2.05) is 0 Å². The first-order valence-corrected chi connectivity index (χ1v) is 5.90. The molecule has 80 valence electrons. The number of rotatable bonds is 0. The molecule has 2 bridgehead atoms. The Morgan fingerprint density at radius 3 is 2.60 bits per heavy atom. The van der Waals surface area contributed by atoms with E-state index in [0.29, 0.717) is 12.5 Å². The number of esters is 1. The van der Waals surface area contributed by atoms with Gasteiger partial charge < -0.3 is 9.47 Å². The van der Waals surface area contributed by atoms with Crippen molar-refractivity contribution < 1.29 is 14.3 Å². The molecular formula is C12H14O3. The van der Waals surface area contributed by atoms with Gasteiger partial charge >= 0.3 is 5.97 Å². The van der Waals surface area contributed by atoms with Gasteiger partial charge in [0.15, 0.2) is 0 Å². The zero-order chi connectivity index (χ0) is 9.99. The molecule has 4 rings (SSSR count). The lowest BCUT2D eigenvalue weighted by Crippen LogP contribution is -2.31. The Hall–Kier alpha value is -0.830. The van der Waals surface area contributed by atoms with E-state index in [4.69, 9.17) is 9.47 Å². The van der Waals surface area contributed by atoms with Crippen LogP contribution in [0.25, 0.3) is 0 Å². The summed E-state index contributed by atoms with van der Waals surface area (Å²) in [6, 6.07) is 0. The van der Waals surface area contributed by atoms with Crippen molar-refractivity contribution >= 4 is 5.97 Å². The molecule has 0 aromatic heterocycles. The highest BCUT2D eigenvalue weighted by molar-refractivity contribution is 5.78. The normalized spacial score (nSPS) is 46.8. The van der Waals surface area contributed by atoms with Crippen molar-refractivity contribution in [1.82, 2.24) is 0 Å². The highest BCUT2D eigenvalue weighted by Gasteiger charge is 2.59. The third-order valence-corrected chi connectivity index (χ3v) is 4.40. The number of carbonyl (C=O) groups is 1. The van der Waals surface area contributed by atoms with Crippen LogP contribution in [0.2, 0.25) is 0 Å². The summed E-state index contributed by atoms with van der Waals surface area (Å²) in [7, 11) is 0. The molecule has 0 spiro atoms. The summed E-state index contributed by atoms with van der Waals surface area (Å²) in [5.41, 5.74) is 2.97. The zero-order valence-electron chi connectivity index (χ0n) is 8.57. The van der Waals surface area contributed by atoms with Gasteiger partial charge in [0.05, 0.1) is 24.7 Å².